The molecule has 0 aromatic carbocycles. The van der Waals surface area contributed by atoms with Crippen LogP contribution in [0.4, 0.5) is 0 Å². The molecule has 14 heavy (non-hydrogen) atoms. The number of carboxylic acids is 1. The average Bonchev–Trinajstić information content (AvgIpc) is 2.12. The molecular formula is C6H9IO7. The maximum atomic E-state index is 10.5. The summed E-state index contributed by atoms with van der Waals surface area (Å²) < 4.78 is -0.869. The molecule has 0 fully saturated rings. The molecule has 8 heteroatoms. The Balaban J connectivity index is 4.45. The van der Waals surface area contributed by atoms with Gasteiger partial charge in [-0.2, -0.15) is 0 Å². The van der Waals surface area contributed by atoms with Gasteiger partial charge in [-0.1, -0.05) is 0 Å². The largest absolute Gasteiger partial charge is 0.479 e. The smallest absolute Gasteiger partial charge is 0.335 e. The zero-order valence-electron chi connectivity index (χ0n) is 6.74. The molecule has 5 N–H and O–H groups in total. The van der Waals surface area contributed by atoms with E-state index >= 15 is 0 Å². The lowest BCUT2D eigenvalue weighted by Gasteiger charge is -2.22. The summed E-state index contributed by atoms with van der Waals surface area (Å²) in [7, 11) is 0. The van der Waals surface area contributed by atoms with E-state index in [-0.39, 0.29) is 0 Å². The van der Waals surface area contributed by atoms with E-state index < -0.39 is 34.2 Å². The van der Waals surface area contributed by atoms with Gasteiger partial charge in [-0.15, -0.1) is 0 Å². The molecule has 0 aliphatic heterocycles. The molecule has 4 unspecified atom stereocenters. The fraction of sp³-hybridized carbons (Fsp3) is 0.667. The van der Waals surface area contributed by atoms with Gasteiger partial charge in [0.15, 0.2) is 12.2 Å². The molecule has 0 saturated carbocycles. The molecule has 82 valence electrons. The van der Waals surface area contributed by atoms with Crippen molar-refractivity contribution in [2.75, 3.05) is 0 Å². The van der Waals surface area contributed by atoms with Gasteiger partial charge in [-0.25, -0.2) is 4.79 Å². The molecule has 4 atom stereocenters. The number of hydrogen-bond donors (Lipinski definition) is 5. The Morgan fingerprint density at radius 2 is 1.29 bits per heavy atom. The van der Waals surface area contributed by atoms with E-state index in [1.807, 2.05) is 0 Å². The van der Waals surface area contributed by atoms with Crippen molar-refractivity contribution >= 4 is 32.4 Å². The van der Waals surface area contributed by atoms with Gasteiger partial charge in [0, 0.05) is 22.6 Å². The van der Waals surface area contributed by atoms with Gasteiger partial charge < -0.3 is 25.5 Å². The minimum atomic E-state index is -2.25. The van der Waals surface area contributed by atoms with Crippen LogP contribution in [0.25, 0.3) is 0 Å². The van der Waals surface area contributed by atoms with Crippen LogP contribution < -0.4 is 0 Å². The third-order valence-corrected chi connectivity index (χ3v) is 2.12. The predicted molar refractivity (Wildman–Crippen MR) is 50.7 cm³/mol. The molecule has 7 nitrogen and oxygen atoms in total. The molecule has 0 bridgehead atoms. The average molecular weight is 320 g/mol. The number of carbonyl (C=O) groups excluding carboxylic acids is 1. The minimum Gasteiger partial charge on any atom is -0.479 e. The Morgan fingerprint density at radius 3 is 1.57 bits per heavy atom. The number of carboxylic acid groups (broad SMARTS) is 1. The highest BCUT2D eigenvalue weighted by molar-refractivity contribution is 14.1. The SMILES string of the molecule is O=C(O)C(O)C(O)C(O)C(O)C(=O)I. The van der Waals surface area contributed by atoms with E-state index in [0.717, 1.165) is 0 Å². The van der Waals surface area contributed by atoms with Crippen molar-refractivity contribution in [3.63, 3.8) is 0 Å². The highest BCUT2D eigenvalue weighted by Gasteiger charge is 2.36. The number of aliphatic hydroxyl groups excluding tert-OH is 4. The highest BCUT2D eigenvalue weighted by Crippen LogP contribution is 2.08. The molecule has 0 saturated heterocycles. The number of rotatable bonds is 5. The first-order chi connectivity index (χ1) is 6.29. The molecule has 0 aliphatic carbocycles. The lowest BCUT2D eigenvalue weighted by Crippen LogP contribution is -2.49. The molecule has 0 aliphatic rings. The van der Waals surface area contributed by atoms with Crippen LogP contribution in [0.5, 0.6) is 0 Å². The second-order valence-corrected chi connectivity index (χ2v) is 3.58. The second kappa shape index (κ2) is 5.56. The zero-order chi connectivity index (χ0) is 11.5. The molecule has 0 amide bonds. The van der Waals surface area contributed by atoms with E-state index in [1.54, 1.807) is 0 Å². The topological polar surface area (TPSA) is 135 Å². The fourth-order valence-corrected chi connectivity index (χ4v) is 1.02. The Labute approximate surface area is 92.1 Å². The summed E-state index contributed by atoms with van der Waals surface area (Å²) in [6.45, 7) is 0. The Kier molecular flexibility index (Phi) is 5.44. The standard InChI is InChI=1S/C6H9IO7/c7-5(12)3(10)1(8)2(9)4(11)6(13)14/h1-4,8-11H,(H,13,14). The van der Waals surface area contributed by atoms with Gasteiger partial charge in [0.1, 0.15) is 12.2 Å². The van der Waals surface area contributed by atoms with Crippen molar-refractivity contribution in [2.45, 2.75) is 24.4 Å². The summed E-state index contributed by atoms with van der Waals surface area (Å²) in [6.07, 6.45) is -8.35. The second-order valence-electron chi connectivity index (χ2n) is 2.51. The van der Waals surface area contributed by atoms with Crippen LogP contribution in [0.15, 0.2) is 0 Å². The van der Waals surface area contributed by atoms with Gasteiger partial charge in [0.2, 0.25) is 3.79 Å². The van der Waals surface area contributed by atoms with E-state index in [0.29, 0.717) is 0 Å². The molecule has 0 aromatic rings. The van der Waals surface area contributed by atoms with Crippen molar-refractivity contribution in [3.05, 3.63) is 0 Å². The quantitative estimate of drug-likeness (QED) is 0.278. The summed E-state index contributed by atoms with van der Waals surface area (Å²) in [4.78, 5) is 20.7. The summed E-state index contributed by atoms with van der Waals surface area (Å²) in [5.74, 6) is -1.76. The third kappa shape index (κ3) is 3.46. The van der Waals surface area contributed by atoms with Gasteiger partial charge >= 0.3 is 5.97 Å². The zero-order valence-corrected chi connectivity index (χ0v) is 8.90. The normalized spacial score (nSPS) is 19.5. The Hall–Kier alpha value is -0.290. The summed E-state index contributed by atoms with van der Waals surface area (Å²) in [5.41, 5.74) is 0. The molecule has 0 spiro atoms. The first-order valence-electron chi connectivity index (χ1n) is 3.43. The van der Waals surface area contributed by atoms with Crippen molar-refractivity contribution in [3.8, 4) is 0 Å². The van der Waals surface area contributed by atoms with E-state index in [4.69, 9.17) is 25.5 Å². The lowest BCUT2D eigenvalue weighted by atomic mass is 10.0. The Bertz CT molecular complexity index is 206. The molecule has 0 aromatic heterocycles. The van der Waals surface area contributed by atoms with E-state index in [1.165, 1.54) is 22.6 Å². The van der Waals surface area contributed by atoms with Crippen LogP contribution in [0.2, 0.25) is 0 Å². The number of aliphatic carboxylic acids is 1. The van der Waals surface area contributed by atoms with Crippen LogP contribution in [-0.2, 0) is 9.59 Å². The number of halogens is 1. The monoisotopic (exact) mass is 320 g/mol. The first-order valence-corrected chi connectivity index (χ1v) is 4.51. The fourth-order valence-electron chi connectivity index (χ4n) is 0.654. The van der Waals surface area contributed by atoms with Crippen molar-refractivity contribution in [2.24, 2.45) is 0 Å². The van der Waals surface area contributed by atoms with Gasteiger partial charge in [-0.3, -0.25) is 4.79 Å². The van der Waals surface area contributed by atoms with Crippen LogP contribution in [0.3, 0.4) is 0 Å². The lowest BCUT2D eigenvalue weighted by molar-refractivity contribution is -0.164. The van der Waals surface area contributed by atoms with E-state index in [9.17, 15) is 9.59 Å². The number of aliphatic hydroxyl groups is 4. The summed E-state index contributed by atoms with van der Waals surface area (Å²) in [6, 6.07) is 0. The van der Waals surface area contributed by atoms with Crippen LogP contribution in [0.1, 0.15) is 0 Å². The Morgan fingerprint density at radius 1 is 0.929 bits per heavy atom. The molecule has 0 radical (unpaired) electrons. The maximum absolute atomic E-state index is 10.5. The van der Waals surface area contributed by atoms with Crippen molar-refractivity contribution < 1.29 is 35.1 Å². The third-order valence-electron chi connectivity index (χ3n) is 1.48. The predicted octanol–water partition coefficient (Wildman–Crippen LogP) is -2.52. The van der Waals surface area contributed by atoms with Gasteiger partial charge in [-0.05, 0) is 0 Å². The van der Waals surface area contributed by atoms with Crippen molar-refractivity contribution in [1.82, 2.24) is 0 Å². The minimum absolute atomic E-state index is 0.869. The molecule has 0 heterocycles. The summed E-state index contributed by atoms with van der Waals surface area (Å²) in [5, 5.41) is 43.9. The maximum Gasteiger partial charge on any atom is 0.335 e. The van der Waals surface area contributed by atoms with Crippen LogP contribution >= 0.6 is 22.6 Å². The number of hydrogen-bond acceptors (Lipinski definition) is 6. The van der Waals surface area contributed by atoms with Crippen LogP contribution in [-0.4, -0.2) is 59.7 Å². The van der Waals surface area contributed by atoms with Crippen LogP contribution in [0, 0.1) is 0 Å². The molecule has 0 rings (SSSR count). The van der Waals surface area contributed by atoms with Crippen molar-refractivity contribution in [1.29, 1.82) is 0 Å². The number of carbonyl (C=O) groups is 2. The highest BCUT2D eigenvalue weighted by atomic mass is 127. The van der Waals surface area contributed by atoms with Gasteiger partial charge in [0.25, 0.3) is 0 Å². The first kappa shape index (κ1) is 13.7. The molecular weight excluding hydrogens is 311 g/mol. The van der Waals surface area contributed by atoms with E-state index in [2.05, 4.69) is 0 Å². The van der Waals surface area contributed by atoms with Gasteiger partial charge in [0.05, 0.1) is 0 Å². The summed E-state index contributed by atoms with van der Waals surface area (Å²) >= 11 is 1.17.